The van der Waals surface area contributed by atoms with Crippen LogP contribution in [0.2, 0.25) is 0 Å². The van der Waals surface area contributed by atoms with Gasteiger partial charge in [-0.05, 0) is 44.5 Å². The molecule has 1 fully saturated rings. The Bertz CT molecular complexity index is 818. The van der Waals surface area contributed by atoms with Crippen LogP contribution in [0.25, 0.3) is 0 Å². The van der Waals surface area contributed by atoms with E-state index in [1.807, 2.05) is 19.2 Å². The molecule has 1 aromatic heterocycles. The van der Waals surface area contributed by atoms with Crippen molar-refractivity contribution in [2.24, 2.45) is 5.92 Å². The van der Waals surface area contributed by atoms with E-state index in [4.69, 9.17) is 9.47 Å². The lowest BCUT2D eigenvalue weighted by atomic mass is 9.91. The van der Waals surface area contributed by atoms with E-state index >= 15 is 0 Å². The van der Waals surface area contributed by atoms with Gasteiger partial charge in [-0.2, -0.15) is 0 Å². The molecule has 1 amide bonds. The number of anilines is 1. The molecule has 2 heterocycles. The summed E-state index contributed by atoms with van der Waals surface area (Å²) in [5.41, 5.74) is 0.480. The van der Waals surface area contributed by atoms with E-state index in [9.17, 15) is 9.59 Å². The summed E-state index contributed by atoms with van der Waals surface area (Å²) in [6, 6.07) is 6.95. The lowest BCUT2D eigenvalue weighted by molar-refractivity contribution is -0.150. The number of hydrogen-bond donors (Lipinski definition) is 1. The molecule has 0 bridgehead atoms. The number of ether oxygens (including phenoxy) is 2. The Balaban J connectivity index is 1.67. The molecule has 2 unspecified atom stereocenters. The molecule has 7 heteroatoms. The number of aromatic nitrogens is 1. The summed E-state index contributed by atoms with van der Waals surface area (Å²) >= 11 is 1.33. The second-order valence-electron chi connectivity index (χ2n) is 6.79. The first kappa shape index (κ1) is 19.4. The van der Waals surface area contributed by atoms with Crippen molar-refractivity contribution in [1.29, 1.82) is 0 Å². The van der Waals surface area contributed by atoms with Crippen molar-refractivity contribution in [1.82, 2.24) is 4.98 Å². The number of carbonyl (C=O) groups is 2. The van der Waals surface area contributed by atoms with Gasteiger partial charge in [-0.3, -0.25) is 14.9 Å². The molecule has 6 nitrogen and oxygen atoms in total. The molecule has 3 rings (SSSR count). The zero-order valence-electron chi connectivity index (χ0n) is 15.8. The van der Waals surface area contributed by atoms with Crippen molar-refractivity contribution in [2.75, 3.05) is 11.9 Å². The van der Waals surface area contributed by atoms with Gasteiger partial charge in [-0.25, -0.2) is 4.98 Å². The van der Waals surface area contributed by atoms with Crippen LogP contribution in [0.4, 0.5) is 5.13 Å². The lowest BCUT2D eigenvalue weighted by Crippen LogP contribution is -2.21. The maximum absolute atomic E-state index is 12.4. The minimum Gasteiger partial charge on any atom is -0.494 e. The van der Waals surface area contributed by atoms with Crippen molar-refractivity contribution in [2.45, 2.75) is 45.6 Å². The number of cyclic esters (lactones) is 1. The first-order chi connectivity index (χ1) is 12.9. The first-order valence-corrected chi connectivity index (χ1v) is 10.1. The number of amides is 1. The third-order valence-corrected chi connectivity index (χ3v) is 5.38. The summed E-state index contributed by atoms with van der Waals surface area (Å²) in [5, 5.41) is 5.13. The summed E-state index contributed by atoms with van der Waals surface area (Å²) < 4.78 is 11.0. The van der Waals surface area contributed by atoms with E-state index in [1.165, 1.54) is 11.3 Å². The largest absolute Gasteiger partial charge is 0.494 e. The molecule has 2 atom stereocenters. The smallest absolute Gasteiger partial charge is 0.310 e. The van der Waals surface area contributed by atoms with Crippen molar-refractivity contribution < 1.29 is 19.1 Å². The van der Waals surface area contributed by atoms with Crippen LogP contribution in [0.15, 0.2) is 29.6 Å². The highest BCUT2D eigenvalue weighted by Crippen LogP contribution is 2.41. The van der Waals surface area contributed by atoms with Crippen LogP contribution in [0, 0.1) is 5.92 Å². The Kier molecular flexibility index (Phi) is 5.79. The fraction of sp³-hybridized carbons (Fsp3) is 0.450. The Morgan fingerprint density at radius 1 is 1.37 bits per heavy atom. The molecule has 1 N–H and O–H groups in total. The molecule has 0 spiro atoms. The van der Waals surface area contributed by atoms with Gasteiger partial charge in [0.1, 0.15) is 5.75 Å². The SMILES string of the molecule is CCCC1CC(C)(c2csc(NC(=O)c3ccc(OCC)cc3)n2)OC1=O. The molecule has 2 aromatic rings. The van der Waals surface area contributed by atoms with Gasteiger partial charge in [-0.15, -0.1) is 11.3 Å². The van der Waals surface area contributed by atoms with Crippen LogP contribution in [0.5, 0.6) is 5.75 Å². The second kappa shape index (κ2) is 8.08. The quantitative estimate of drug-likeness (QED) is 0.713. The number of nitrogens with one attached hydrogen (secondary N) is 1. The van der Waals surface area contributed by atoms with Crippen LogP contribution in [-0.4, -0.2) is 23.5 Å². The zero-order chi connectivity index (χ0) is 19.4. The Morgan fingerprint density at radius 3 is 2.78 bits per heavy atom. The van der Waals surface area contributed by atoms with Crippen LogP contribution in [0.3, 0.4) is 0 Å². The molecular formula is C20H24N2O4S. The lowest BCUT2D eigenvalue weighted by Gasteiger charge is -2.19. The molecule has 1 aromatic carbocycles. The van der Waals surface area contributed by atoms with Gasteiger partial charge in [0.25, 0.3) is 5.91 Å². The van der Waals surface area contributed by atoms with Gasteiger partial charge in [0, 0.05) is 17.4 Å². The highest BCUT2D eigenvalue weighted by Gasteiger charge is 2.45. The number of nitrogens with zero attached hydrogens (tertiary/aromatic N) is 1. The predicted molar refractivity (Wildman–Crippen MR) is 104 cm³/mol. The van der Waals surface area contributed by atoms with Crippen molar-refractivity contribution in [3.8, 4) is 5.75 Å². The van der Waals surface area contributed by atoms with Gasteiger partial charge in [0.05, 0.1) is 18.2 Å². The molecule has 1 saturated heterocycles. The average molecular weight is 388 g/mol. The molecular weight excluding hydrogens is 364 g/mol. The number of thiazole rings is 1. The van der Waals surface area contributed by atoms with E-state index in [2.05, 4.69) is 17.2 Å². The van der Waals surface area contributed by atoms with Crippen molar-refractivity contribution in [3.05, 3.63) is 40.9 Å². The molecule has 0 radical (unpaired) electrons. The van der Waals surface area contributed by atoms with Gasteiger partial charge < -0.3 is 9.47 Å². The molecule has 27 heavy (non-hydrogen) atoms. The Labute approximate surface area is 162 Å². The number of esters is 1. The summed E-state index contributed by atoms with van der Waals surface area (Å²) in [6.07, 6.45) is 2.38. The van der Waals surface area contributed by atoms with Crippen LogP contribution in [0.1, 0.15) is 56.1 Å². The number of rotatable bonds is 7. The Hall–Kier alpha value is -2.41. The molecule has 0 aliphatic carbocycles. The van der Waals surface area contributed by atoms with Gasteiger partial charge in [-0.1, -0.05) is 13.3 Å². The molecule has 0 saturated carbocycles. The topological polar surface area (TPSA) is 77.5 Å². The summed E-state index contributed by atoms with van der Waals surface area (Å²) in [7, 11) is 0. The number of carbonyl (C=O) groups excluding carboxylic acids is 2. The van der Waals surface area contributed by atoms with E-state index in [1.54, 1.807) is 24.3 Å². The predicted octanol–water partition coefficient (Wildman–Crippen LogP) is 4.37. The van der Waals surface area contributed by atoms with E-state index in [-0.39, 0.29) is 17.8 Å². The minimum atomic E-state index is -0.727. The summed E-state index contributed by atoms with van der Waals surface area (Å²) in [6.45, 7) is 6.43. The van der Waals surface area contributed by atoms with Crippen LogP contribution >= 0.6 is 11.3 Å². The van der Waals surface area contributed by atoms with Crippen LogP contribution in [-0.2, 0) is 15.1 Å². The second-order valence-corrected chi connectivity index (χ2v) is 7.65. The van der Waals surface area contributed by atoms with E-state index in [0.29, 0.717) is 29.4 Å². The van der Waals surface area contributed by atoms with Gasteiger partial charge in [0.15, 0.2) is 10.7 Å². The number of benzene rings is 1. The monoisotopic (exact) mass is 388 g/mol. The third kappa shape index (κ3) is 4.30. The Morgan fingerprint density at radius 2 is 2.11 bits per heavy atom. The fourth-order valence-electron chi connectivity index (χ4n) is 3.24. The number of hydrogen-bond acceptors (Lipinski definition) is 6. The third-order valence-electron chi connectivity index (χ3n) is 4.63. The summed E-state index contributed by atoms with van der Waals surface area (Å²) in [5.74, 6) is 0.246. The zero-order valence-corrected chi connectivity index (χ0v) is 16.6. The standard InChI is InChI=1S/C20H24N2O4S/c1-4-6-14-11-20(3,26-18(14)24)16-12-27-19(21-16)22-17(23)13-7-9-15(10-8-13)25-5-2/h7-10,12,14H,4-6,11H2,1-3H3,(H,21,22,23). The van der Waals surface area contributed by atoms with Crippen molar-refractivity contribution >= 4 is 28.3 Å². The highest BCUT2D eigenvalue weighted by molar-refractivity contribution is 7.14. The van der Waals surface area contributed by atoms with E-state index < -0.39 is 5.60 Å². The van der Waals surface area contributed by atoms with E-state index in [0.717, 1.165) is 18.6 Å². The first-order valence-electron chi connectivity index (χ1n) is 9.18. The normalized spacial score (nSPS) is 21.7. The van der Waals surface area contributed by atoms with Gasteiger partial charge >= 0.3 is 5.97 Å². The maximum atomic E-state index is 12.4. The average Bonchev–Trinajstić information content (AvgIpc) is 3.22. The molecule has 1 aliphatic heterocycles. The highest BCUT2D eigenvalue weighted by atomic mass is 32.1. The molecule has 1 aliphatic rings. The maximum Gasteiger partial charge on any atom is 0.310 e. The van der Waals surface area contributed by atoms with Crippen molar-refractivity contribution in [3.63, 3.8) is 0 Å². The van der Waals surface area contributed by atoms with Crippen LogP contribution < -0.4 is 10.1 Å². The minimum absolute atomic E-state index is 0.0800. The summed E-state index contributed by atoms with van der Waals surface area (Å²) in [4.78, 5) is 29.0. The van der Waals surface area contributed by atoms with Gasteiger partial charge in [0.2, 0.25) is 0 Å². The molecule has 144 valence electrons. The fourth-order valence-corrected chi connectivity index (χ4v) is 4.07.